The number of ether oxygens (including phenoxy) is 2. The molecule has 3 rings (SSSR count). The highest BCUT2D eigenvalue weighted by Gasteiger charge is 2.28. The number of aromatic nitrogens is 3. The molecular formula is C28H49ClFN5O3. The molecule has 218 valence electrons. The van der Waals surface area contributed by atoms with Crippen LogP contribution in [0.25, 0.3) is 10.9 Å². The number of unbranched alkanes of at least 4 members (excludes halogenated alkanes) is 5. The monoisotopic (exact) mass is 557 g/mol. The maximum absolute atomic E-state index is 13.6. The Hall–Kier alpha value is -2.10. The van der Waals surface area contributed by atoms with Crippen LogP contribution in [0, 0.1) is 18.7 Å². The number of halogens is 2. The number of hydrogen-bond donors (Lipinski definition) is 1. The molecular weight excluding hydrogens is 509 g/mol. The Morgan fingerprint density at radius 2 is 1.76 bits per heavy atom. The second-order valence-corrected chi connectivity index (χ2v) is 9.98. The number of rotatable bonds is 8. The van der Waals surface area contributed by atoms with Crippen LogP contribution in [0.3, 0.4) is 0 Å². The van der Waals surface area contributed by atoms with Crippen LogP contribution in [0.5, 0.6) is 6.01 Å². The van der Waals surface area contributed by atoms with Crippen LogP contribution in [0.1, 0.15) is 84.8 Å². The Kier molecular flexibility index (Phi) is 19.7. The lowest BCUT2D eigenvalue weighted by molar-refractivity contribution is -0.145. The fourth-order valence-electron chi connectivity index (χ4n) is 3.44. The lowest BCUT2D eigenvalue weighted by atomic mass is 10.1. The van der Waals surface area contributed by atoms with E-state index in [9.17, 15) is 9.18 Å². The molecule has 2 N–H and O–H groups in total. The maximum atomic E-state index is 13.6. The molecule has 1 fully saturated rings. The van der Waals surface area contributed by atoms with E-state index in [0.29, 0.717) is 17.0 Å². The third kappa shape index (κ3) is 13.6. The van der Waals surface area contributed by atoms with E-state index in [1.807, 2.05) is 11.9 Å². The average molecular weight is 558 g/mol. The van der Waals surface area contributed by atoms with Gasteiger partial charge in [-0.15, -0.1) is 0 Å². The SMILES string of the molecule is CC(C)CN.CCCCCCCC.COC(=O)C1CCCN1C.COc1nc(C)c2cnc(Cl)c(F)c2n1. The van der Waals surface area contributed by atoms with Gasteiger partial charge < -0.3 is 15.2 Å². The molecule has 10 heteroatoms. The number of nitrogens with zero attached hydrogens (tertiary/aromatic N) is 4. The summed E-state index contributed by atoms with van der Waals surface area (Å²) in [6.45, 7) is 12.2. The van der Waals surface area contributed by atoms with Gasteiger partial charge in [-0.25, -0.2) is 9.37 Å². The molecule has 8 nitrogen and oxygen atoms in total. The summed E-state index contributed by atoms with van der Waals surface area (Å²) in [5.74, 6) is -0.0898. The van der Waals surface area contributed by atoms with Crippen molar-refractivity contribution < 1.29 is 18.7 Å². The van der Waals surface area contributed by atoms with E-state index < -0.39 is 5.82 Å². The number of likely N-dealkylation sites (N-methyl/N-ethyl adjacent to an activating group) is 1. The molecule has 1 atom stereocenters. The Labute approximate surface area is 233 Å². The minimum atomic E-state index is -0.655. The van der Waals surface area contributed by atoms with E-state index in [1.54, 1.807) is 6.92 Å². The third-order valence-corrected chi connectivity index (χ3v) is 6.18. The van der Waals surface area contributed by atoms with Gasteiger partial charge in [0, 0.05) is 11.6 Å². The first-order chi connectivity index (χ1) is 18.1. The summed E-state index contributed by atoms with van der Waals surface area (Å²) in [6.07, 6.45) is 12.0. The Balaban J connectivity index is 0.000000521. The molecule has 0 amide bonds. The van der Waals surface area contributed by atoms with Crippen LogP contribution in [0.15, 0.2) is 6.20 Å². The van der Waals surface area contributed by atoms with Crippen molar-refractivity contribution in [3.63, 3.8) is 0 Å². The number of likely N-dealkylation sites (tertiary alicyclic amines) is 1. The lowest BCUT2D eigenvalue weighted by Crippen LogP contribution is -2.33. The zero-order valence-electron chi connectivity index (χ0n) is 24.6. The molecule has 1 aliphatic heterocycles. The maximum Gasteiger partial charge on any atom is 0.323 e. The van der Waals surface area contributed by atoms with Gasteiger partial charge in [0.2, 0.25) is 0 Å². The molecule has 1 saturated heterocycles. The molecule has 0 saturated carbocycles. The number of esters is 1. The second kappa shape index (κ2) is 20.8. The van der Waals surface area contributed by atoms with Crippen molar-refractivity contribution in [2.24, 2.45) is 11.7 Å². The quantitative estimate of drug-likeness (QED) is 0.227. The molecule has 1 unspecified atom stereocenters. The minimum Gasteiger partial charge on any atom is -0.468 e. The predicted molar refractivity (Wildman–Crippen MR) is 154 cm³/mol. The number of methoxy groups -OCH3 is 2. The van der Waals surface area contributed by atoms with E-state index in [2.05, 4.69) is 47.4 Å². The molecule has 0 aromatic carbocycles. The van der Waals surface area contributed by atoms with Crippen LogP contribution in [-0.4, -0.2) is 66.2 Å². The normalized spacial score (nSPS) is 14.6. The van der Waals surface area contributed by atoms with Gasteiger partial charge in [0.15, 0.2) is 11.0 Å². The van der Waals surface area contributed by atoms with Gasteiger partial charge in [-0.1, -0.05) is 77.8 Å². The summed E-state index contributed by atoms with van der Waals surface area (Å²) in [7, 11) is 4.81. The largest absolute Gasteiger partial charge is 0.468 e. The summed E-state index contributed by atoms with van der Waals surface area (Å²) in [5, 5.41) is 0.320. The van der Waals surface area contributed by atoms with Gasteiger partial charge in [-0.05, 0) is 45.8 Å². The van der Waals surface area contributed by atoms with Crippen LogP contribution in [0.2, 0.25) is 5.15 Å². The van der Waals surface area contributed by atoms with Crippen LogP contribution in [-0.2, 0) is 9.53 Å². The van der Waals surface area contributed by atoms with Crippen molar-refractivity contribution >= 4 is 28.5 Å². The van der Waals surface area contributed by atoms with Gasteiger partial charge in [-0.2, -0.15) is 9.97 Å². The standard InChI is InChI=1S/C9H7ClFN3O.C8H18.C7H13NO2.C4H11N/c1-4-5-3-12-8(10)6(11)7(5)14-9(13-4)15-2;1-3-5-7-8-6-4-2;1-8-5-3-4-6(8)7(9)10-2;1-4(2)3-5/h3H,1-2H3;3-8H2,1-2H3;6H,3-5H2,1-2H3;4H,3,5H2,1-2H3. The summed E-state index contributed by atoms with van der Waals surface area (Å²) in [5.41, 5.74) is 5.89. The van der Waals surface area contributed by atoms with Crippen LogP contribution < -0.4 is 10.5 Å². The first-order valence-electron chi connectivity index (χ1n) is 13.6. The first kappa shape index (κ1) is 35.9. The first-order valence-corrected chi connectivity index (χ1v) is 14.0. The van der Waals surface area contributed by atoms with Gasteiger partial charge >= 0.3 is 12.0 Å². The van der Waals surface area contributed by atoms with E-state index in [4.69, 9.17) is 22.1 Å². The van der Waals surface area contributed by atoms with Crippen molar-refractivity contribution in [2.45, 2.75) is 92.0 Å². The van der Waals surface area contributed by atoms with Gasteiger partial charge in [0.05, 0.1) is 19.9 Å². The molecule has 0 radical (unpaired) electrons. The molecule has 1 aliphatic rings. The van der Waals surface area contributed by atoms with Crippen molar-refractivity contribution in [2.75, 3.05) is 34.4 Å². The summed E-state index contributed by atoms with van der Waals surface area (Å²) in [4.78, 5) is 24.6. The highest BCUT2D eigenvalue weighted by atomic mass is 35.5. The molecule has 0 aliphatic carbocycles. The van der Waals surface area contributed by atoms with E-state index >= 15 is 0 Å². The highest BCUT2D eigenvalue weighted by Crippen LogP contribution is 2.23. The summed E-state index contributed by atoms with van der Waals surface area (Å²) in [6, 6.07) is 0.131. The molecule has 3 heterocycles. The zero-order chi connectivity index (χ0) is 29.1. The summed E-state index contributed by atoms with van der Waals surface area (Å²) >= 11 is 5.55. The van der Waals surface area contributed by atoms with E-state index in [1.165, 1.54) is 58.9 Å². The number of carbonyl (C=O) groups excluding carboxylic acids is 1. The molecule has 2 aromatic rings. The lowest BCUT2D eigenvalue weighted by Gasteiger charge is -2.15. The number of nitrogens with two attached hydrogens (primary N) is 1. The van der Waals surface area contributed by atoms with E-state index in [-0.39, 0.29) is 28.7 Å². The fourth-order valence-corrected chi connectivity index (χ4v) is 3.58. The second-order valence-electron chi connectivity index (χ2n) is 9.63. The third-order valence-electron chi connectivity index (χ3n) is 5.92. The number of aryl methyl sites for hydroxylation is 1. The highest BCUT2D eigenvalue weighted by molar-refractivity contribution is 6.30. The van der Waals surface area contributed by atoms with Crippen LogP contribution in [0.4, 0.5) is 4.39 Å². The van der Waals surface area contributed by atoms with Gasteiger partial charge in [0.1, 0.15) is 11.6 Å². The van der Waals surface area contributed by atoms with Crippen molar-refractivity contribution in [1.29, 1.82) is 0 Å². The Bertz CT molecular complexity index is 927. The number of pyridine rings is 1. The topological polar surface area (TPSA) is 103 Å². The molecule has 0 bridgehead atoms. The predicted octanol–water partition coefficient (Wildman–Crippen LogP) is 6.36. The number of hydrogen-bond acceptors (Lipinski definition) is 8. The average Bonchev–Trinajstić information content (AvgIpc) is 3.35. The smallest absolute Gasteiger partial charge is 0.323 e. The van der Waals surface area contributed by atoms with Crippen molar-refractivity contribution in [3.05, 3.63) is 22.9 Å². The molecule has 38 heavy (non-hydrogen) atoms. The Morgan fingerprint density at radius 3 is 2.18 bits per heavy atom. The minimum absolute atomic E-state index is 0.0185. The van der Waals surface area contributed by atoms with Crippen molar-refractivity contribution in [3.8, 4) is 6.01 Å². The summed E-state index contributed by atoms with van der Waals surface area (Å²) < 4.78 is 23.0. The van der Waals surface area contributed by atoms with Crippen LogP contribution >= 0.6 is 11.6 Å². The number of carbonyl (C=O) groups is 1. The zero-order valence-corrected chi connectivity index (χ0v) is 25.4. The molecule has 0 spiro atoms. The Morgan fingerprint density at radius 1 is 1.18 bits per heavy atom. The van der Waals surface area contributed by atoms with Gasteiger partial charge in [0.25, 0.3) is 0 Å². The van der Waals surface area contributed by atoms with E-state index in [0.717, 1.165) is 25.9 Å². The number of fused-ring (bicyclic) bond motifs is 1. The molecule has 2 aromatic heterocycles. The van der Waals surface area contributed by atoms with Crippen molar-refractivity contribution in [1.82, 2.24) is 19.9 Å². The fraction of sp³-hybridized carbons (Fsp3) is 0.714. The van der Waals surface area contributed by atoms with Gasteiger partial charge in [-0.3, -0.25) is 9.69 Å².